The van der Waals surface area contributed by atoms with Crippen molar-refractivity contribution in [1.29, 1.82) is 0 Å². The van der Waals surface area contributed by atoms with Gasteiger partial charge in [0.1, 0.15) is 5.75 Å². The molecule has 1 aromatic rings. The second kappa shape index (κ2) is 5.60. The van der Waals surface area contributed by atoms with Gasteiger partial charge in [-0.15, -0.1) is 0 Å². The number of benzene rings is 1. The summed E-state index contributed by atoms with van der Waals surface area (Å²) in [5, 5.41) is 10.5. The van der Waals surface area contributed by atoms with Crippen LogP contribution in [0.4, 0.5) is 0 Å². The van der Waals surface area contributed by atoms with Crippen LogP contribution < -0.4 is 4.43 Å². The molecule has 3 aliphatic rings. The number of fused-ring (bicyclic) bond motifs is 5. The number of rotatable bonds is 2. The molecule has 4 rings (SSSR count). The lowest BCUT2D eigenvalue weighted by molar-refractivity contribution is -0.0226. The molecule has 5 atom stereocenters. The molecule has 0 amide bonds. The van der Waals surface area contributed by atoms with Crippen LogP contribution in [-0.2, 0) is 6.42 Å². The molecule has 0 unspecified atom stereocenters. The van der Waals surface area contributed by atoms with Crippen molar-refractivity contribution in [3.05, 3.63) is 29.3 Å². The molecule has 0 bridgehead atoms. The van der Waals surface area contributed by atoms with Gasteiger partial charge in [-0.3, -0.25) is 0 Å². The third kappa shape index (κ3) is 2.64. The summed E-state index contributed by atoms with van der Waals surface area (Å²) in [6, 6.07) is 6.88. The minimum atomic E-state index is -1.54. The molecule has 3 aliphatic carbocycles. The molecular formula is C21H32O2Si. The van der Waals surface area contributed by atoms with E-state index in [-0.39, 0.29) is 11.5 Å². The van der Waals surface area contributed by atoms with Gasteiger partial charge < -0.3 is 9.53 Å². The van der Waals surface area contributed by atoms with E-state index in [1.165, 1.54) is 37.7 Å². The smallest absolute Gasteiger partial charge is 0.242 e. The first kappa shape index (κ1) is 16.7. The van der Waals surface area contributed by atoms with E-state index in [4.69, 9.17) is 4.43 Å². The molecule has 1 N–H and O–H groups in total. The Morgan fingerprint density at radius 2 is 1.92 bits per heavy atom. The van der Waals surface area contributed by atoms with E-state index in [0.717, 1.165) is 24.0 Å². The zero-order valence-corrected chi connectivity index (χ0v) is 16.6. The zero-order chi connectivity index (χ0) is 17.1. The lowest BCUT2D eigenvalue weighted by Crippen LogP contribution is -2.43. The van der Waals surface area contributed by atoms with E-state index >= 15 is 0 Å². The lowest BCUT2D eigenvalue weighted by Gasteiger charge is -2.50. The van der Waals surface area contributed by atoms with Crippen LogP contribution in [0.1, 0.15) is 56.1 Å². The number of aliphatic hydroxyl groups excluding tert-OH is 1. The van der Waals surface area contributed by atoms with Gasteiger partial charge in [0.25, 0.3) is 0 Å². The van der Waals surface area contributed by atoms with Crippen molar-refractivity contribution in [2.45, 2.75) is 77.1 Å². The summed E-state index contributed by atoms with van der Waals surface area (Å²) in [6.45, 7) is 9.09. The van der Waals surface area contributed by atoms with Gasteiger partial charge in [-0.1, -0.05) is 13.0 Å². The highest BCUT2D eigenvalue weighted by molar-refractivity contribution is 6.70. The van der Waals surface area contributed by atoms with Crippen LogP contribution in [0, 0.1) is 17.3 Å². The zero-order valence-electron chi connectivity index (χ0n) is 15.6. The molecule has 0 aliphatic heterocycles. The van der Waals surface area contributed by atoms with Crippen LogP contribution >= 0.6 is 0 Å². The van der Waals surface area contributed by atoms with Crippen molar-refractivity contribution in [2.24, 2.45) is 17.3 Å². The van der Waals surface area contributed by atoms with Crippen LogP contribution in [-0.4, -0.2) is 19.5 Å². The van der Waals surface area contributed by atoms with Crippen LogP contribution in [0.2, 0.25) is 19.6 Å². The quantitative estimate of drug-likeness (QED) is 0.755. The molecule has 2 fully saturated rings. The first-order valence-electron chi connectivity index (χ1n) is 9.78. The van der Waals surface area contributed by atoms with Crippen molar-refractivity contribution in [1.82, 2.24) is 0 Å². The van der Waals surface area contributed by atoms with Gasteiger partial charge in [-0.2, -0.15) is 0 Å². The topological polar surface area (TPSA) is 29.5 Å². The Hall–Kier alpha value is -0.803. The van der Waals surface area contributed by atoms with Gasteiger partial charge in [-0.25, -0.2) is 0 Å². The molecule has 0 heterocycles. The van der Waals surface area contributed by atoms with Gasteiger partial charge in [0, 0.05) is 0 Å². The summed E-state index contributed by atoms with van der Waals surface area (Å²) >= 11 is 0. The summed E-state index contributed by atoms with van der Waals surface area (Å²) in [4.78, 5) is 0. The van der Waals surface area contributed by atoms with Crippen molar-refractivity contribution < 1.29 is 9.53 Å². The highest BCUT2D eigenvalue weighted by Crippen LogP contribution is 2.60. The fourth-order valence-corrected chi connectivity index (χ4v) is 6.78. The maximum atomic E-state index is 10.5. The SMILES string of the molecule is C[C@]12CC[C@@H]3c4ccc(O[Si](C)(C)C)cc4CC[C@H]3[C@@H]1CC[C@@H]2O. The average Bonchev–Trinajstić information content (AvgIpc) is 2.81. The maximum absolute atomic E-state index is 10.5. The molecular weight excluding hydrogens is 312 g/mol. The van der Waals surface area contributed by atoms with Crippen molar-refractivity contribution in [3.8, 4) is 5.75 Å². The Labute approximate surface area is 147 Å². The molecule has 0 radical (unpaired) electrons. The average molecular weight is 345 g/mol. The molecule has 0 aromatic heterocycles. The van der Waals surface area contributed by atoms with Crippen molar-refractivity contribution in [2.75, 3.05) is 0 Å². The minimum Gasteiger partial charge on any atom is -0.544 e. The van der Waals surface area contributed by atoms with Gasteiger partial charge in [0.15, 0.2) is 0 Å². The summed E-state index contributed by atoms with van der Waals surface area (Å²) in [6.07, 6.45) is 7.08. The van der Waals surface area contributed by atoms with Crippen molar-refractivity contribution in [3.63, 3.8) is 0 Å². The second-order valence-corrected chi connectivity index (χ2v) is 14.1. The minimum absolute atomic E-state index is 0.0719. The molecule has 24 heavy (non-hydrogen) atoms. The molecule has 1 aromatic carbocycles. The number of hydrogen-bond acceptors (Lipinski definition) is 2. The first-order valence-corrected chi connectivity index (χ1v) is 13.2. The summed E-state index contributed by atoms with van der Waals surface area (Å²) in [5.41, 5.74) is 3.28. The Kier molecular flexibility index (Phi) is 3.89. The molecule has 132 valence electrons. The van der Waals surface area contributed by atoms with E-state index in [2.05, 4.69) is 44.8 Å². The Bertz CT molecular complexity index is 635. The summed E-state index contributed by atoms with van der Waals surface area (Å²) in [7, 11) is -1.54. The predicted molar refractivity (Wildman–Crippen MR) is 101 cm³/mol. The van der Waals surface area contributed by atoms with Crippen LogP contribution in [0.5, 0.6) is 5.75 Å². The fraction of sp³-hybridized carbons (Fsp3) is 0.714. The lowest BCUT2D eigenvalue weighted by atomic mass is 9.55. The highest BCUT2D eigenvalue weighted by Gasteiger charge is 2.54. The first-order chi connectivity index (χ1) is 11.3. The Morgan fingerprint density at radius 3 is 2.67 bits per heavy atom. The normalized spacial score (nSPS) is 38.2. The molecule has 2 saturated carbocycles. The summed E-state index contributed by atoms with van der Waals surface area (Å²) < 4.78 is 6.21. The third-order valence-corrected chi connectivity index (χ3v) is 7.92. The van der Waals surface area contributed by atoms with E-state index in [1.54, 1.807) is 5.56 Å². The molecule has 0 saturated heterocycles. The van der Waals surface area contributed by atoms with E-state index in [1.807, 2.05) is 0 Å². The third-order valence-electron chi connectivity index (χ3n) is 7.07. The largest absolute Gasteiger partial charge is 0.544 e. The Balaban J connectivity index is 1.61. The van der Waals surface area contributed by atoms with Gasteiger partial charge in [0.2, 0.25) is 8.32 Å². The molecule has 2 nitrogen and oxygen atoms in total. The Morgan fingerprint density at radius 1 is 1.12 bits per heavy atom. The monoisotopic (exact) mass is 344 g/mol. The second-order valence-electron chi connectivity index (χ2n) is 9.63. The fourth-order valence-electron chi connectivity index (χ4n) is 5.95. The number of aryl methyl sites for hydroxylation is 1. The number of aliphatic hydroxyl groups is 1. The van der Waals surface area contributed by atoms with Crippen LogP contribution in [0.25, 0.3) is 0 Å². The van der Waals surface area contributed by atoms with Gasteiger partial charge in [-0.05, 0) is 105 Å². The van der Waals surface area contributed by atoms with Crippen LogP contribution in [0.3, 0.4) is 0 Å². The number of hydrogen-bond donors (Lipinski definition) is 1. The predicted octanol–water partition coefficient (Wildman–Crippen LogP) is 5.12. The van der Waals surface area contributed by atoms with E-state index in [0.29, 0.717) is 5.92 Å². The van der Waals surface area contributed by atoms with Crippen molar-refractivity contribution >= 4 is 8.32 Å². The van der Waals surface area contributed by atoms with Crippen LogP contribution in [0.15, 0.2) is 18.2 Å². The van der Waals surface area contributed by atoms with E-state index < -0.39 is 8.32 Å². The molecule has 0 spiro atoms. The standard InChI is InChI=1S/C21H32O2Si/c1-21-12-11-17-16-8-6-15(23-24(2,3)4)13-14(16)5-7-18(17)19(21)9-10-20(21)22/h6,8,13,17-20,22H,5,7,9-12H2,1-4H3/t17-,18-,19+,20+,21+/m1/s1. The van der Waals surface area contributed by atoms with Gasteiger partial charge >= 0.3 is 0 Å². The maximum Gasteiger partial charge on any atom is 0.242 e. The van der Waals surface area contributed by atoms with Gasteiger partial charge in [0.05, 0.1) is 6.10 Å². The summed E-state index contributed by atoms with van der Waals surface area (Å²) in [5.74, 6) is 3.27. The highest BCUT2D eigenvalue weighted by atomic mass is 28.4. The van der Waals surface area contributed by atoms with E-state index in [9.17, 15) is 5.11 Å². The molecule has 3 heteroatoms.